The van der Waals surface area contributed by atoms with Crippen LogP contribution in [0.25, 0.3) is 0 Å². The minimum absolute atomic E-state index is 0.00574. The highest BCUT2D eigenvalue weighted by Crippen LogP contribution is 2.64. The number of piperidine rings is 2. The van der Waals surface area contributed by atoms with Crippen LogP contribution in [0.3, 0.4) is 0 Å². The van der Waals surface area contributed by atoms with Crippen LogP contribution in [-0.2, 0) is 33.1 Å². The van der Waals surface area contributed by atoms with Crippen LogP contribution in [0.15, 0.2) is 47.9 Å². The summed E-state index contributed by atoms with van der Waals surface area (Å²) in [6, 6.07) is 9.64. The van der Waals surface area contributed by atoms with E-state index in [-0.39, 0.29) is 23.0 Å². The molecule has 4 aliphatic heterocycles. The third kappa shape index (κ3) is 3.21. The van der Waals surface area contributed by atoms with Gasteiger partial charge in [-0.15, -0.1) is 0 Å². The van der Waals surface area contributed by atoms with Gasteiger partial charge in [-0.1, -0.05) is 12.1 Å². The second-order valence-electron chi connectivity index (χ2n) is 13.7. The lowest BCUT2D eigenvalue weighted by Crippen LogP contribution is -2.63. The number of methoxy groups -OCH3 is 4. The fourth-order valence-electron chi connectivity index (χ4n) is 10.8. The molecule has 0 saturated carbocycles. The molecule has 8 atom stereocenters. The molecule has 0 radical (unpaired) electrons. The molecule has 10 rings (SSSR count). The van der Waals surface area contributed by atoms with E-state index >= 15 is 0 Å². The molecule has 2 N–H and O–H groups in total. The summed E-state index contributed by atoms with van der Waals surface area (Å²) in [7, 11) is 6.96. The van der Waals surface area contributed by atoms with Crippen LogP contribution in [0.2, 0.25) is 0 Å². The van der Waals surface area contributed by atoms with E-state index in [2.05, 4.69) is 34.9 Å². The number of rotatable bonds is 4. The lowest BCUT2D eigenvalue weighted by molar-refractivity contribution is 0.0182. The van der Waals surface area contributed by atoms with Gasteiger partial charge in [0.15, 0.2) is 35.2 Å². The quantitative estimate of drug-likeness (QED) is 0.539. The van der Waals surface area contributed by atoms with E-state index in [1.807, 2.05) is 12.1 Å². The molecule has 2 fully saturated rings. The third-order valence-corrected chi connectivity index (χ3v) is 12.4. The van der Waals surface area contributed by atoms with Gasteiger partial charge in [0, 0.05) is 34.0 Å². The fourth-order valence-corrected chi connectivity index (χ4v) is 10.8. The van der Waals surface area contributed by atoms with Crippen molar-refractivity contribution in [2.24, 2.45) is 11.8 Å². The second-order valence-corrected chi connectivity index (χ2v) is 13.7. The van der Waals surface area contributed by atoms with Gasteiger partial charge in [0.2, 0.25) is 0 Å². The fraction of sp³-hybridized carbons (Fsp3) is 0.556. The molecule has 0 aromatic heterocycles. The van der Waals surface area contributed by atoms with E-state index in [4.69, 9.17) is 28.4 Å². The standard InChI is InChI=1S/2C18H21NO3/c2*1-20-13-5-3-10-9-12-11-4-6-14(21-2)17-18(11,7-8-19-12)15(10)16(13)22-17/h2*3,5-6,11-12,17,19H,4,7-9H2,1-2H3/t2*11?,12?,17?,18-/m10/s1. The molecule has 44 heavy (non-hydrogen) atoms. The van der Waals surface area contributed by atoms with Crippen LogP contribution in [0.1, 0.15) is 47.9 Å². The maximum Gasteiger partial charge on any atom is 0.166 e. The number of allylic oxidation sites excluding steroid dienone is 2. The van der Waals surface area contributed by atoms with Crippen molar-refractivity contribution in [2.45, 2.75) is 73.6 Å². The van der Waals surface area contributed by atoms with Crippen LogP contribution in [-0.4, -0.2) is 65.8 Å². The minimum atomic E-state index is 0.00574. The first-order valence-electron chi connectivity index (χ1n) is 16.3. The molecule has 2 aromatic carbocycles. The highest BCUT2D eigenvalue weighted by atomic mass is 16.6. The van der Waals surface area contributed by atoms with Crippen molar-refractivity contribution in [3.05, 3.63) is 70.2 Å². The molecule has 2 aromatic rings. The van der Waals surface area contributed by atoms with Gasteiger partial charge in [0.05, 0.1) is 28.4 Å². The molecular weight excluding hydrogens is 556 g/mol. The summed E-state index contributed by atoms with van der Waals surface area (Å²) in [5.74, 6) is 6.78. The van der Waals surface area contributed by atoms with Crippen molar-refractivity contribution < 1.29 is 28.4 Å². The van der Waals surface area contributed by atoms with Crippen LogP contribution in [0.5, 0.6) is 23.0 Å². The monoisotopic (exact) mass is 598 g/mol. The summed E-state index contributed by atoms with van der Waals surface area (Å²) < 4.78 is 35.4. The molecule has 2 spiro atoms. The Morgan fingerprint density at radius 3 is 1.50 bits per heavy atom. The number of benzene rings is 2. The molecule has 2 saturated heterocycles. The van der Waals surface area contributed by atoms with E-state index in [1.54, 1.807) is 28.4 Å². The number of hydrogen-bond acceptors (Lipinski definition) is 8. The molecular formula is C36H42N2O6. The van der Waals surface area contributed by atoms with E-state index < -0.39 is 0 Å². The van der Waals surface area contributed by atoms with Gasteiger partial charge in [0.25, 0.3) is 0 Å². The summed E-state index contributed by atoms with van der Waals surface area (Å²) in [6.07, 6.45) is 11.0. The van der Waals surface area contributed by atoms with Crippen LogP contribution < -0.4 is 29.6 Å². The minimum Gasteiger partial charge on any atom is -0.497 e. The van der Waals surface area contributed by atoms with Crippen molar-refractivity contribution in [3.63, 3.8) is 0 Å². The lowest BCUT2D eigenvalue weighted by atomic mass is 9.53. The Bertz CT molecular complexity index is 1480. The highest BCUT2D eigenvalue weighted by molar-refractivity contribution is 5.63. The van der Waals surface area contributed by atoms with E-state index in [0.29, 0.717) is 23.9 Å². The molecule has 8 aliphatic rings. The molecule has 8 nitrogen and oxygen atoms in total. The number of hydrogen-bond donors (Lipinski definition) is 2. The Kier molecular flexibility index (Phi) is 5.87. The van der Waals surface area contributed by atoms with Crippen LogP contribution in [0, 0.1) is 11.8 Å². The average Bonchev–Trinajstić information content (AvgIpc) is 3.57. The maximum atomic E-state index is 6.46. The van der Waals surface area contributed by atoms with Crippen molar-refractivity contribution in [3.8, 4) is 23.0 Å². The molecule has 4 aliphatic carbocycles. The van der Waals surface area contributed by atoms with Gasteiger partial charge in [-0.3, -0.25) is 0 Å². The van der Waals surface area contributed by atoms with Gasteiger partial charge in [-0.25, -0.2) is 0 Å². The Hall–Kier alpha value is -3.36. The van der Waals surface area contributed by atoms with Gasteiger partial charge in [-0.05, 0) is 98.9 Å². The van der Waals surface area contributed by atoms with Gasteiger partial charge in [0.1, 0.15) is 11.5 Å². The number of nitrogens with one attached hydrogen (secondary N) is 2. The first-order chi connectivity index (χ1) is 21.6. The van der Waals surface area contributed by atoms with Crippen LogP contribution in [0.4, 0.5) is 0 Å². The summed E-state index contributed by atoms with van der Waals surface area (Å²) in [4.78, 5) is 0. The largest absolute Gasteiger partial charge is 0.497 e. The highest BCUT2D eigenvalue weighted by Gasteiger charge is 2.65. The molecule has 6 unspecified atom stereocenters. The van der Waals surface area contributed by atoms with Gasteiger partial charge >= 0.3 is 0 Å². The Morgan fingerprint density at radius 2 is 1.09 bits per heavy atom. The van der Waals surface area contributed by atoms with E-state index in [9.17, 15) is 0 Å². The Morgan fingerprint density at radius 1 is 0.636 bits per heavy atom. The van der Waals surface area contributed by atoms with Crippen LogP contribution >= 0.6 is 0 Å². The molecule has 4 heterocycles. The first-order valence-corrected chi connectivity index (χ1v) is 16.3. The predicted octanol–water partition coefficient (Wildman–Crippen LogP) is 4.32. The summed E-state index contributed by atoms with van der Waals surface area (Å²) in [5, 5.41) is 7.47. The average molecular weight is 599 g/mol. The van der Waals surface area contributed by atoms with E-state index in [0.717, 1.165) is 86.1 Å². The second kappa shape index (κ2) is 9.57. The summed E-state index contributed by atoms with van der Waals surface area (Å²) >= 11 is 0. The van der Waals surface area contributed by atoms with Gasteiger partial charge < -0.3 is 39.1 Å². The van der Waals surface area contributed by atoms with Crippen molar-refractivity contribution in [1.29, 1.82) is 0 Å². The van der Waals surface area contributed by atoms with Gasteiger partial charge in [-0.2, -0.15) is 0 Å². The SMILES string of the molecule is COC1=CCC2C3Cc4ccc(OC)c5c4[C@@]2(CCN3)C1O5.COC1=CCC2C3Cc4ccc(OC)c5c4[C@]2(CCN3)C1O5. The summed E-state index contributed by atoms with van der Waals surface area (Å²) in [6.45, 7) is 2.10. The van der Waals surface area contributed by atoms with Crippen molar-refractivity contribution in [2.75, 3.05) is 41.5 Å². The Balaban J connectivity index is 0.000000123. The predicted molar refractivity (Wildman–Crippen MR) is 165 cm³/mol. The summed E-state index contributed by atoms with van der Waals surface area (Å²) in [5.41, 5.74) is 5.78. The normalized spacial score (nSPS) is 37.0. The lowest BCUT2D eigenvalue weighted by Gasteiger charge is -2.54. The zero-order valence-electron chi connectivity index (χ0n) is 26.0. The zero-order chi connectivity index (χ0) is 29.8. The molecule has 232 valence electrons. The molecule has 0 amide bonds. The topological polar surface area (TPSA) is 79.4 Å². The third-order valence-electron chi connectivity index (χ3n) is 12.4. The van der Waals surface area contributed by atoms with E-state index in [1.165, 1.54) is 22.3 Å². The smallest absolute Gasteiger partial charge is 0.166 e. The number of ether oxygens (including phenoxy) is 6. The molecule has 8 heteroatoms. The molecule has 4 bridgehead atoms. The Labute approximate surface area is 259 Å². The maximum absolute atomic E-state index is 6.46. The van der Waals surface area contributed by atoms with Crippen molar-refractivity contribution in [1.82, 2.24) is 10.6 Å². The zero-order valence-corrected chi connectivity index (χ0v) is 26.0. The first kappa shape index (κ1) is 27.0. The van der Waals surface area contributed by atoms with Crippen molar-refractivity contribution >= 4 is 0 Å².